The van der Waals surface area contributed by atoms with Gasteiger partial charge in [0, 0.05) is 5.88 Å². The highest BCUT2D eigenvalue weighted by Crippen LogP contribution is 2.39. The summed E-state index contributed by atoms with van der Waals surface area (Å²) < 4.78 is 5.96. The molecular weight excluding hydrogens is 208 g/mol. The topological polar surface area (TPSA) is 9.23 Å². The van der Waals surface area contributed by atoms with E-state index >= 15 is 0 Å². The summed E-state index contributed by atoms with van der Waals surface area (Å²) in [6.07, 6.45) is 4.21. The second kappa shape index (κ2) is 5.54. The second-order valence-corrected chi connectivity index (χ2v) is 6.44. The molecule has 3 unspecified atom stereocenters. The van der Waals surface area contributed by atoms with Gasteiger partial charge in [0.1, 0.15) is 0 Å². The van der Waals surface area contributed by atoms with Crippen molar-refractivity contribution in [2.24, 2.45) is 17.3 Å². The Kier molecular flexibility index (Phi) is 4.92. The predicted octanol–water partition coefficient (Wildman–Crippen LogP) is 4.09. The third kappa shape index (κ3) is 4.74. The van der Waals surface area contributed by atoms with Gasteiger partial charge >= 0.3 is 0 Å². The number of rotatable bonds is 4. The van der Waals surface area contributed by atoms with Crippen LogP contribution in [0.15, 0.2) is 0 Å². The Balaban J connectivity index is 2.35. The molecule has 0 amide bonds. The van der Waals surface area contributed by atoms with Crippen molar-refractivity contribution in [3.8, 4) is 0 Å². The Bertz CT molecular complexity index is 191. The van der Waals surface area contributed by atoms with Crippen LogP contribution in [0.3, 0.4) is 0 Å². The van der Waals surface area contributed by atoms with Crippen molar-refractivity contribution in [3.05, 3.63) is 0 Å². The van der Waals surface area contributed by atoms with E-state index in [4.69, 9.17) is 16.3 Å². The van der Waals surface area contributed by atoms with Crippen molar-refractivity contribution in [1.29, 1.82) is 0 Å². The number of alkyl halides is 1. The Labute approximate surface area is 99.5 Å². The van der Waals surface area contributed by atoms with Crippen LogP contribution in [0.1, 0.15) is 47.0 Å². The molecule has 1 aliphatic rings. The fourth-order valence-corrected chi connectivity index (χ4v) is 2.82. The number of hydrogen-bond acceptors (Lipinski definition) is 1. The lowest BCUT2D eigenvalue weighted by Gasteiger charge is -2.39. The smallest absolute Gasteiger partial charge is 0.0582 e. The van der Waals surface area contributed by atoms with E-state index in [0.29, 0.717) is 23.3 Å². The molecule has 0 aromatic heterocycles. The highest BCUT2D eigenvalue weighted by Gasteiger charge is 2.32. The summed E-state index contributed by atoms with van der Waals surface area (Å²) in [5, 5.41) is 0. The predicted molar refractivity (Wildman–Crippen MR) is 66.4 cm³/mol. The van der Waals surface area contributed by atoms with E-state index in [1.54, 1.807) is 0 Å². The van der Waals surface area contributed by atoms with Crippen molar-refractivity contribution in [3.63, 3.8) is 0 Å². The quantitative estimate of drug-likeness (QED) is 0.664. The minimum Gasteiger partial charge on any atom is -0.378 e. The zero-order valence-corrected chi connectivity index (χ0v) is 11.3. The first kappa shape index (κ1) is 13.3. The average Bonchev–Trinajstić information content (AvgIpc) is 2.11. The first-order valence-electron chi connectivity index (χ1n) is 6.10. The molecule has 2 heteroatoms. The SMILES string of the molecule is CC(CCl)COC1CC(C)CC(C)(C)C1. The highest BCUT2D eigenvalue weighted by molar-refractivity contribution is 6.18. The Morgan fingerprint density at radius 2 is 2.07 bits per heavy atom. The van der Waals surface area contributed by atoms with Gasteiger partial charge in [-0.1, -0.05) is 27.7 Å². The maximum atomic E-state index is 5.96. The van der Waals surface area contributed by atoms with Gasteiger partial charge < -0.3 is 4.74 Å². The summed E-state index contributed by atoms with van der Waals surface area (Å²) in [5.41, 5.74) is 0.451. The van der Waals surface area contributed by atoms with Gasteiger partial charge in [0.2, 0.25) is 0 Å². The fraction of sp³-hybridized carbons (Fsp3) is 1.00. The van der Waals surface area contributed by atoms with Crippen molar-refractivity contribution >= 4 is 11.6 Å². The summed E-state index contributed by atoms with van der Waals surface area (Å²) in [4.78, 5) is 0. The molecule has 0 spiro atoms. The molecule has 1 nitrogen and oxygen atoms in total. The maximum absolute atomic E-state index is 5.96. The Morgan fingerprint density at radius 3 is 2.60 bits per heavy atom. The molecule has 0 saturated heterocycles. The van der Waals surface area contributed by atoms with Crippen LogP contribution in [0.2, 0.25) is 0 Å². The molecule has 0 aliphatic heterocycles. The van der Waals surface area contributed by atoms with Crippen LogP contribution in [0, 0.1) is 17.3 Å². The lowest BCUT2D eigenvalue weighted by atomic mass is 9.71. The van der Waals surface area contributed by atoms with E-state index in [-0.39, 0.29) is 0 Å². The molecule has 1 aliphatic carbocycles. The van der Waals surface area contributed by atoms with Gasteiger partial charge in [-0.2, -0.15) is 0 Å². The second-order valence-electron chi connectivity index (χ2n) is 6.13. The highest BCUT2D eigenvalue weighted by atomic mass is 35.5. The van der Waals surface area contributed by atoms with Gasteiger partial charge in [0.25, 0.3) is 0 Å². The molecular formula is C13H25ClO. The van der Waals surface area contributed by atoms with E-state index in [1.807, 2.05) is 0 Å². The van der Waals surface area contributed by atoms with Crippen LogP contribution in [0.5, 0.6) is 0 Å². The number of halogens is 1. The molecule has 0 radical (unpaired) electrons. The molecule has 0 bridgehead atoms. The van der Waals surface area contributed by atoms with Gasteiger partial charge in [-0.15, -0.1) is 11.6 Å². The van der Waals surface area contributed by atoms with E-state index in [9.17, 15) is 0 Å². The molecule has 15 heavy (non-hydrogen) atoms. The molecule has 90 valence electrons. The lowest BCUT2D eigenvalue weighted by Crippen LogP contribution is -2.33. The largest absolute Gasteiger partial charge is 0.378 e. The Hall–Kier alpha value is 0.250. The maximum Gasteiger partial charge on any atom is 0.0582 e. The van der Waals surface area contributed by atoms with Crippen molar-refractivity contribution in [1.82, 2.24) is 0 Å². The molecule has 0 heterocycles. The van der Waals surface area contributed by atoms with Crippen molar-refractivity contribution in [2.45, 2.75) is 53.1 Å². The monoisotopic (exact) mass is 232 g/mol. The standard InChI is InChI=1S/C13H25ClO/c1-10-5-12(7-13(3,4)6-10)15-9-11(2)8-14/h10-12H,5-9H2,1-4H3. The third-order valence-corrected chi connectivity index (χ3v) is 3.75. The number of ether oxygens (including phenoxy) is 1. The minimum atomic E-state index is 0.451. The van der Waals surface area contributed by atoms with Gasteiger partial charge in [-0.05, 0) is 36.5 Å². The van der Waals surface area contributed by atoms with Crippen LogP contribution in [0.4, 0.5) is 0 Å². The van der Waals surface area contributed by atoms with Gasteiger partial charge in [0.15, 0.2) is 0 Å². The number of hydrogen-bond donors (Lipinski definition) is 0. The van der Waals surface area contributed by atoms with Crippen LogP contribution in [0.25, 0.3) is 0 Å². The molecule has 3 atom stereocenters. The first-order chi connectivity index (χ1) is 6.93. The summed E-state index contributed by atoms with van der Waals surface area (Å²) in [5.74, 6) is 1.98. The fourth-order valence-electron chi connectivity index (χ4n) is 2.73. The van der Waals surface area contributed by atoms with Crippen LogP contribution in [-0.2, 0) is 4.74 Å². The molecule has 0 N–H and O–H groups in total. The van der Waals surface area contributed by atoms with Gasteiger partial charge in [0.05, 0.1) is 12.7 Å². The van der Waals surface area contributed by atoms with Crippen LogP contribution in [-0.4, -0.2) is 18.6 Å². The molecule has 0 aromatic carbocycles. The van der Waals surface area contributed by atoms with E-state index < -0.39 is 0 Å². The van der Waals surface area contributed by atoms with Crippen LogP contribution >= 0.6 is 11.6 Å². The van der Waals surface area contributed by atoms with Crippen molar-refractivity contribution in [2.75, 3.05) is 12.5 Å². The van der Waals surface area contributed by atoms with Crippen LogP contribution < -0.4 is 0 Å². The minimum absolute atomic E-state index is 0.451. The zero-order chi connectivity index (χ0) is 11.5. The molecule has 1 rings (SSSR count). The lowest BCUT2D eigenvalue weighted by molar-refractivity contribution is -0.0321. The summed E-state index contributed by atoms with van der Waals surface area (Å²) in [6.45, 7) is 10.00. The average molecular weight is 233 g/mol. The summed E-state index contributed by atoms with van der Waals surface area (Å²) in [7, 11) is 0. The van der Waals surface area contributed by atoms with Crippen molar-refractivity contribution < 1.29 is 4.74 Å². The normalized spacial score (nSPS) is 32.6. The van der Waals surface area contributed by atoms with Gasteiger partial charge in [-0.3, -0.25) is 0 Å². The molecule has 0 aromatic rings. The van der Waals surface area contributed by atoms with Gasteiger partial charge in [-0.25, -0.2) is 0 Å². The van der Waals surface area contributed by atoms with E-state index in [0.717, 1.165) is 12.5 Å². The van der Waals surface area contributed by atoms with E-state index in [1.165, 1.54) is 19.3 Å². The third-order valence-electron chi connectivity index (χ3n) is 3.23. The molecule has 1 saturated carbocycles. The molecule has 1 fully saturated rings. The summed E-state index contributed by atoms with van der Waals surface area (Å²) in [6, 6.07) is 0. The zero-order valence-electron chi connectivity index (χ0n) is 10.6. The van der Waals surface area contributed by atoms with E-state index in [2.05, 4.69) is 27.7 Å². The summed E-state index contributed by atoms with van der Waals surface area (Å²) >= 11 is 5.77. The first-order valence-corrected chi connectivity index (χ1v) is 6.64. The Morgan fingerprint density at radius 1 is 1.40 bits per heavy atom.